The maximum atomic E-state index is 14.9. The lowest BCUT2D eigenvalue weighted by Gasteiger charge is -2.46. The lowest BCUT2D eigenvalue weighted by atomic mass is 9.61. The number of ether oxygens (including phenoxy) is 1. The molecule has 0 N–H and O–H groups in total. The van der Waals surface area contributed by atoms with Crippen LogP contribution in [0.3, 0.4) is 0 Å². The first kappa shape index (κ1) is 23.5. The molecule has 3 rings (SSSR count). The highest BCUT2D eigenvalue weighted by atomic mass is 19.3. The van der Waals surface area contributed by atoms with Gasteiger partial charge >= 0.3 is 6.11 Å². The summed E-state index contributed by atoms with van der Waals surface area (Å²) in [5.74, 6) is 3.88. The summed E-state index contributed by atoms with van der Waals surface area (Å²) in [5, 5.41) is 0. The number of alkyl halides is 2. The second kappa shape index (κ2) is 10.4. The number of rotatable bonds is 7. The summed E-state index contributed by atoms with van der Waals surface area (Å²) in [6, 6.07) is 0. The molecule has 0 aromatic carbocycles. The first-order valence-corrected chi connectivity index (χ1v) is 12.9. The summed E-state index contributed by atoms with van der Waals surface area (Å²) in [7, 11) is 0. The molecule has 0 aromatic heterocycles. The van der Waals surface area contributed by atoms with Gasteiger partial charge in [0.15, 0.2) is 0 Å². The second-order valence-corrected chi connectivity index (χ2v) is 10.8. The zero-order valence-electron chi connectivity index (χ0n) is 19.5. The van der Waals surface area contributed by atoms with E-state index in [1.54, 1.807) is 0 Å². The lowest BCUT2D eigenvalue weighted by Crippen LogP contribution is -2.43. The van der Waals surface area contributed by atoms with Gasteiger partial charge in [-0.25, -0.2) is 0 Å². The molecule has 0 aromatic rings. The van der Waals surface area contributed by atoms with E-state index in [0.717, 1.165) is 68.6 Å². The normalized spacial score (nSPS) is 42.0. The molecule has 0 saturated heterocycles. The van der Waals surface area contributed by atoms with Crippen LogP contribution in [-0.2, 0) is 4.74 Å². The van der Waals surface area contributed by atoms with Gasteiger partial charge in [0.05, 0.1) is 12.0 Å². The molecule has 0 radical (unpaired) electrons. The van der Waals surface area contributed by atoms with Crippen LogP contribution in [0.4, 0.5) is 8.78 Å². The van der Waals surface area contributed by atoms with Crippen molar-refractivity contribution in [2.45, 2.75) is 123 Å². The summed E-state index contributed by atoms with van der Waals surface area (Å²) in [6.07, 6.45) is 10.4. The molecule has 3 aliphatic carbocycles. The van der Waals surface area contributed by atoms with Gasteiger partial charge in [0.25, 0.3) is 0 Å². The smallest absolute Gasteiger partial charge is 0.317 e. The lowest BCUT2D eigenvalue weighted by molar-refractivity contribution is -0.304. The van der Waals surface area contributed by atoms with E-state index in [2.05, 4.69) is 27.7 Å². The van der Waals surface area contributed by atoms with Crippen LogP contribution in [0, 0.1) is 41.4 Å². The molecule has 3 fully saturated rings. The Labute approximate surface area is 178 Å². The molecule has 3 heteroatoms. The predicted molar refractivity (Wildman–Crippen MR) is 117 cm³/mol. The van der Waals surface area contributed by atoms with Crippen LogP contribution in [0.15, 0.2) is 0 Å². The molecule has 6 atom stereocenters. The van der Waals surface area contributed by atoms with Gasteiger partial charge in [0.2, 0.25) is 0 Å². The third kappa shape index (κ3) is 5.74. The first-order valence-electron chi connectivity index (χ1n) is 12.9. The van der Waals surface area contributed by atoms with Crippen molar-refractivity contribution < 1.29 is 13.5 Å². The quantitative estimate of drug-likeness (QED) is 0.407. The Morgan fingerprint density at radius 2 is 1.31 bits per heavy atom. The third-order valence-electron chi connectivity index (χ3n) is 9.12. The van der Waals surface area contributed by atoms with Gasteiger partial charge in [0, 0.05) is 0 Å². The first-order chi connectivity index (χ1) is 13.9. The van der Waals surface area contributed by atoms with Gasteiger partial charge in [-0.15, -0.1) is 0 Å². The Kier molecular flexibility index (Phi) is 8.44. The van der Waals surface area contributed by atoms with Crippen molar-refractivity contribution in [2.24, 2.45) is 41.4 Å². The Morgan fingerprint density at radius 1 is 0.724 bits per heavy atom. The predicted octanol–water partition coefficient (Wildman–Crippen LogP) is 8.47. The molecule has 3 aliphatic rings. The zero-order valence-corrected chi connectivity index (χ0v) is 19.5. The third-order valence-corrected chi connectivity index (χ3v) is 9.12. The molecule has 29 heavy (non-hydrogen) atoms. The molecule has 1 nitrogen and oxygen atoms in total. The fourth-order valence-electron chi connectivity index (χ4n) is 7.16. The Balaban J connectivity index is 1.56. The summed E-state index contributed by atoms with van der Waals surface area (Å²) < 4.78 is 35.5. The topological polar surface area (TPSA) is 9.23 Å². The molecular formula is C26H46F2O. The minimum atomic E-state index is -2.93. The summed E-state index contributed by atoms with van der Waals surface area (Å²) >= 11 is 0. The van der Waals surface area contributed by atoms with Crippen LogP contribution in [0.5, 0.6) is 0 Å². The Hall–Kier alpha value is -0.180. The van der Waals surface area contributed by atoms with Crippen molar-refractivity contribution in [1.82, 2.24) is 0 Å². The molecule has 170 valence electrons. The average molecular weight is 413 g/mol. The van der Waals surface area contributed by atoms with E-state index in [0.29, 0.717) is 24.7 Å². The largest absolute Gasteiger partial charge is 0.358 e. The Morgan fingerprint density at radius 3 is 1.90 bits per heavy atom. The molecule has 0 amide bonds. The van der Waals surface area contributed by atoms with E-state index in [9.17, 15) is 8.78 Å². The molecule has 6 unspecified atom stereocenters. The second-order valence-electron chi connectivity index (χ2n) is 10.8. The molecule has 0 heterocycles. The van der Waals surface area contributed by atoms with Crippen LogP contribution in [-0.4, -0.2) is 12.2 Å². The van der Waals surface area contributed by atoms with Gasteiger partial charge in [-0.2, -0.15) is 8.78 Å². The van der Waals surface area contributed by atoms with Crippen LogP contribution in [0.2, 0.25) is 0 Å². The number of halogens is 2. The van der Waals surface area contributed by atoms with Crippen molar-refractivity contribution in [3.8, 4) is 0 Å². The highest BCUT2D eigenvalue weighted by Crippen LogP contribution is 2.49. The van der Waals surface area contributed by atoms with Crippen LogP contribution in [0.1, 0.15) is 111 Å². The SMILES string of the molecule is CCC1CCC(C(F)(F)OC2CCC(C3CCC(C)CC3CC)C(CC)C2)CC1. The molecule has 0 aliphatic heterocycles. The van der Waals surface area contributed by atoms with Gasteiger partial charge in [0.1, 0.15) is 0 Å². The standard InChI is InChI=1S/C26H46F2O/c1-5-19-9-11-22(12-10-19)26(27,28)29-23-13-15-25(21(7-3)17-23)24-14-8-18(4)16-20(24)6-2/h18-25H,5-17H2,1-4H3. The van der Waals surface area contributed by atoms with E-state index in [1.165, 1.54) is 25.7 Å². The van der Waals surface area contributed by atoms with Crippen LogP contribution >= 0.6 is 0 Å². The number of hydrogen-bond donors (Lipinski definition) is 0. The van der Waals surface area contributed by atoms with Crippen molar-refractivity contribution in [2.75, 3.05) is 0 Å². The van der Waals surface area contributed by atoms with E-state index in [4.69, 9.17) is 4.74 Å². The maximum Gasteiger partial charge on any atom is 0.358 e. The van der Waals surface area contributed by atoms with Gasteiger partial charge in [-0.1, -0.05) is 53.4 Å². The van der Waals surface area contributed by atoms with Crippen molar-refractivity contribution >= 4 is 0 Å². The van der Waals surface area contributed by atoms with E-state index >= 15 is 0 Å². The van der Waals surface area contributed by atoms with E-state index in [-0.39, 0.29) is 6.10 Å². The fraction of sp³-hybridized carbons (Fsp3) is 1.00. The highest BCUT2D eigenvalue weighted by Gasteiger charge is 2.46. The minimum Gasteiger partial charge on any atom is -0.317 e. The van der Waals surface area contributed by atoms with Crippen molar-refractivity contribution in [3.05, 3.63) is 0 Å². The van der Waals surface area contributed by atoms with Crippen molar-refractivity contribution in [1.29, 1.82) is 0 Å². The zero-order chi connectivity index (χ0) is 21.0. The van der Waals surface area contributed by atoms with E-state index < -0.39 is 12.0 Å². The van der Waals surface area contributed by atoms with Crippen LogP contribution < -0.4 is 0 Å². The molecule has 0 bridgehead atoms. The Bertz CT molecular complexity index is 485. The minimum absolute atomic E-state index is 0.238. The van der Waals surface area contributed by atoms with Crippen LogP contribution in [0.25, 0.3) is 0 Å². The highest BCUT2D eigenvalue weighted by molar-refractivity contribution is 4.90. The monoisotopic (exact) mass is 412 g/mol. The van der Waals surface area contributed by atoms with Gasteiger partial charge in [-0.3, -0.25) is 0 Å². The summed E-state index contributed by atoms with van der Waals surface area (Å²) in [6.45, 7) is 9.19. The van der Waals surface area contributed by atoms with Gasteiger partial charge < -0.3 is 4.74 Å². The summed E-state index contributed by atoms with van der Waals surface area (Å²) in [5.41, 5.74) is 0. The summed E-state index contributed by atoms with van der Waals surface area (Å²) in [4.78, 5) is 0. The maximum absolute atomic E-state index is 14.9. The molecule has 0 spiro atoms. The van der Waals surface area contributed by atoms with Crippen molar-refractivity contribution in [3.63, 3.8) is 0 Å². The van der Waals surface area contributed by atoms with Gasteiger partial charge in [-0.05, 0) is 93.3 Å². The fourth-order valence-corrected chi connectivity index (χ4v) is 7.16. The number of hydrogen-bond acceptors (Lipinski definition) is 1. The average Bonchev–Trinajstić information content (AvgIpc) is 2.73. The van der Waals surface area contributed by atoms with E-state index in [1.807, 2.05) is 0 Å². The molecular weight excluding hydrogens is 366 g/mol. The molecule has 3 saturated carbocycles.